The SMILES string of the molecule is C/C=C\C=C(\c1cc(C)c2sc3c(C)cc(-c4nc(C)sc4-c4ccccc4)cc3c2c1)C(C)c1cc(C)c2sc3c(c2c1)C=C(CN=C(C)SC(C)C1=CC=CCC1)CC3C.CC. The number of aromatic nitrogens is 1. The lowest BCUT2D eigenvalue weighted by Crippen LogP contribution is -2.07. The number of benzene rings is 4. The number of fused-ring (bicyclic) bond motifs is 6. The van der Waals surface area contributed by atoms with Crippen LogP contribution in [0.15, 0.2) is 119 Å². The molecule has 3 unspecified atom stereocenters. The monoisotopic (exact) mass is 914 g/mol. The van der Waals surface area contributed by atoms with Gasteiger partial charge in [-0.05, 0) is 148 Å². The predicted octanol–water partition coefficient (Wildman–Crippen LogP) is 18.8. The summed E-state index contributed by atoms with van der Waals surface area (Å²) in [5, 5.41) is 6.78. The smallest absolute Gasteiger partial charge is 0.0908 e. The Hall–Kier alpha value is -4.59. The summed E-state index contributed by atoms with van der Waals surface area (Å²) < 4.78 is 4.15. The van der Waals surface area contributed by atoms with Gasteiger partial charge in [0.2, 0.25) is 0 Å². The molecule has 2 aliphatic carbocycles. The maximum Gasteiger partial charge on any atom is 0.0908 e. The first kappa shape index (κ1) is 46.0. The molecule has 9 rings (SSSR count). The Morgan fingerprint density at radius 3 is 2.31 bits per heavy atom. The van der Waals surface area contributed by atoms with Crippen LogP contribution in [0.4, 0.5) is 0 Å². The van der Waals surface area contributed by atoms with Gasteiger partial charge in [-0.1, -0.05) is 118 Å². The van der Waals surface area contributed by atoms with E-state index in [0.29, 0.717) is 11.2 Å². The number of aliphatic imine (C=N–C) groups is 1. The van der Waals surface area contributed by atoms with Gasteiger partial charge in [-0.25, -0.2) is 4.98 Å². The predicted molar refractivity (Wildman–Crippen MR) is 292 cm³/mol. The average Bonchev–Trinajstić information content (AvgIpc) is 4.01. The van der Waals surface area contributed by atoms with Crippen molar-refractivity contribution in [2.45, 2.75) is 113 Å². The average molecular weight is 915 g/mol. The standard InChI is InChI=1S/C56H56N2S4.C2H6/c1-10-11-22-46(44-25-34(4)54-49(29-44)50-30-45(26-35(5)55(50)62-54)51-56(60-39(9)58-51)42-20-16-13-17-21-42)36(6)43-24-33(3)53-48(28-43)47-27-40(23-32(2)52(47)61-53)31-57-38(8)59-37(7)41-18-14-12-15-19-41;1-2/h10-14,16-18,20-22,24-30,32,36-37H,15,19,23,31H2,1-9H3;1-2H3/b11-10-,46-22+,57-38?;. The summed E-state index contributed by atoms with van der Waals surface area (Å²) in [6.07, 6.45) is 19.4. The van der Waals surface area contributed by atoms with Crippen molar-refractivity contribution in [1.82, 2.24) is 4.98 Å². The number of allylic oxidation sites excluding steroid dienone is 7. The second kappa shape index (κ2) is 19.9. The summed E-state index contributed by atoms with van der Waals surface area (Å²) >= 11 is 7.63. The van der Waals surface area contributed by atoms with Crippen molar-refractivity contribution in [2.75, 3.05) is 6.54 Å². The Morgan fingerprint density at radius 1 is 0.859 bits per heavy atom. The van der Waals surface area contributed by atoms with Crippen LogP contribution in [-0.2, 0) is 0 Å². The molecule has 3 aromatic heterocycles. The summed E-state index contributed by atoms with van der Waals surface area (Å²) in [5.74, 6) is 0.665. The number of rotatable bonds is 10. The minimum absolute atomic E-state index is 0.181. The quantitative estimate of drug-likeness (QED) is 0.0776. The molecule has 0 fully saturated rings. The first-order chi connectivity index (χ1) is 31.0. The third-order valence-electron chi connectivity index (χ3n) is 12.7. The minimum Gasteiger partial charge on any atom is -0.279 e. The molecule has 2 nitrogen and oxygen atoms in total. The van der Waals surface area contributed by atoms with Crippen LogP contribution < -0.4 is 0 Å². The Labute approximate surface area is 398 Å². The lowest BCUT2D eigenvalue weighted by Gasteiger charge is -2.21. The fourth-order valence-corrected chi connectivity index (χ4v) is 13.9. The van der Waals surface area contributed by atoms with Crippen molar-refractivity contribution in [3.63, 3.8) is 0 Å². The molecule has 0 aliphatic heterocycles. The van der Waals surface area contributed by atoms with Crippen molar-refractivity contribution >= 4 is 92.7 Å². The van der Waals surface area contributed by atoms with E-state index in [1.807, 2.05) is 48.3 Å². The third-order valence-corrected chi connectivity index (χ3v) is 17.9. The summed E-state index contributed by atoms with van der Waals surface area (Å²) in [4.78, 5) is 13.0. The van der Waals surface area contributed by atoms with Crippen LogP contribution in [0.1, 0.15) is 123 Å². The molecule has 3 heterocycles. The molecule has 6 heteroatoms. The van der Waals surface area contributed by atoms with Gasteiger partial charge in [-0.2, -0.15) is 0 Å². The van der Waals surface area contributed by atoms with Gasteiger partial charge < -0.3 is 0 Å². The highest BCUT2D eigenvalue weighted by Crippen LogP contribution is 2.48. The van der Waals surface area contributed by atoms with Crippen LogP contribution in [0.5, 0.6) is 0 Å². The Kier molecular flexibility index (Phi) is 14.3. The fraction of sp³-hybridized carbons (Fsp3) is 0.310. The second-order valence-electron chi connectivity index (χ2n) is 17.4. The van der Waals surface area contributed by atoms with E-state index in [4.69, 9.17) is 9.98 Å². The zero-order valence-corrected chi connectivity index (χ0v) is 42.7. The largest absolute Gasteiger partial charge is 0.279 e. The molecule has 0 saturated heterocycles. The molecule has 0 saturated carbocycles. The van der Waals surface area contributed by atoms with Gasteiger partial charge in [0.05, 0.1) is 27.2 Å². The van der Waals surface area contributed by atoms with Crippen molar-refractivity contribution in [3.8, 4) is 21.7 Å². The lowest BCUT2D eigenvalue weighted by molar-refractivity contribution is 0.746. The van der Waals surface area contributed by atoms with Gasteiger partial charge >= 0.3 is 0 Å². The van der Waals surface area contributed by atoms with E-state index >= 15 is 0 Å². The van der Waals surface area contributed by atoms with Crippen LogP contribution in [0.25, 0.3) is 63.6 Å². The Bertz CT molecular complexity index is 3050. The molecule has 0 N–H and O–H groups in total. The molecule has 0 amide bonds. The van der Waals surface area contributed by atoms with Gasteiger partial charge in [0, 0.05) is 51.9 Å². The molecule has 2 aliphatic rings. The van der Waals surface area contributed by atoms with E-state index in [1.165, 1.54) is 106 Å². The molecule has 64 heavy (non-hydrogen) atoms. The van der Waals surface area contributed by atoms with Crippen molar-refractivity contribution < 1.29 is 0 Å². The normalized spacial score (nSPS) is 16.6. The Balaban J connectivity index is 0.00000276. The number of hydrogen-bond donors (Lipinski definition) is 0. The molecule has 0 radical (unpaired) electrons. The number of thiazole rings is 1. The van der Waals surface area contributed by atoms with Crippen LogP contribution in [0.2, 0.25) is 0 Å². The molecule has 0 bridgehead atoms. The summed E-state index contributed by atoms with van der Waals surface area (Å²) in [5.41, 5.74) is 15.9. The van der Waals surface area contributed by atoms with E-state index in [0.717, 1.165) is 36.5 Å². The molecule has 4 aromatic carbocycles. The van der Waals surface area contributed by atoms with Gasteiger partial charge in [0.1, 0.15) is 0 Å². The van der Waals surface area contributed by atoms with Gasteiger partial charge in [-0.3, -0.25) is 4.99 Å². The van der Waals surface area contributed by atoms with Crippen LogP contribution in [0, 0.1) is 27.7 Å². The van der Waals surface area contributed by atoms with E-state index in [1.54, 1.807) is 11.3 Å². The van der Waals surface area contributed by atoms with E-state index in [2.05, 4.69) is 172 Å². The van der Waals surface area contributed by atoms with Crippen LogP contribution >= 0.6 is 45.8 Å². The number of hydrogen-bond acceptors (Lipinski definition) is 6. The fourth-order valence-electron chi connectivity index (χ4n) is 9.50. The highest BCUT2D eigenvalue weighted by atomic mass is 32.2. The zero-order chi connectivity index (χ0) is 45.2. The van der Waals surface area contributed by atoms with Crippen molar-refractivity contribution in [1.29, 1.82) is 0 Å². The maximum atomic E-state index is 5.14. The summed E-state index contributed by atoms with van der Waals surface area (Å²) in [6, 6.07) is 25.3. The first-order valence-electron chi connectivity index (χ1n) is 23.1. The van der Waals surface area contributed by atoms with Crippen molar-refractivity contribution in [2.24, 2.45) is 4.99 Å². The van der Waals surface area contributed by atoms with Crippen molar-refractivity contribution in [3.05, 3.63) is 158 Å². The number of aryl methyl sites for hydroxylation is 4. The van der Waals surface area contributed by atoms with Gasteiger partial charge in [-0.15, -0.1) is 45.8 Å². The minimum atomic E-state index is 0.181. The maximum absolute atomic E-state index is 5.14. The van der Waals surface area contributed by atoms with E-state index in [-0.39, 0.29) is 5.92 Å². The first-order valence-corrected chi connectivity index (χ1v) is 26.4. The number of thioether (sulfide) groups is 1. The molecule has 7 aromatic rings. The summed E-state index contributed by atoms with van der Waals surface area (Å²) in [6.45, 7) is 25.2. The zero-order valence-electron chi connectivity index (χ0n) is 39.5. The van der Waals surface area contributed by atoms with Crippen LogP contribution in [-0.4, -0.2) is 21.8 Å². The van der Waals surface area contributed by atoms with E-state index in [9.17, 15) is 0 Å². The molecule has 0 spiro atoms. The number of nitrogens with zero attached hydrogens (tertiary/aromatic N) is 2. The molecule has 328 valence electrons. The van der Waals surface area contributed by atoms with Gasteiger partial charge in [0.15, 0.2) is 0 Å². The summed E-state index contributed by atoms with van der Waals surface area (Å²) in [7, 11) is 0. The highest BCUT2D eigenvalue weighted by Gasteiger charge is 2.26. The second-order valence-corrected chi connectivity index (χ2v) is 22.2. The molecule has 3 atom stereocenters. The van der Waals surface area contributed by atoms with Crippen LogP contribution in [0.3, 0.4) is 0 Å². The van der Waals surface area contributed by atoms with E-state index < -0.39 is 0 Å². The Morgan fingerprint density at radius 2 is 1.58 bits per heavy atom. The lowest BCUT2D eigenvalue weighted by atomic mass is 9.84. The molecular weight excluding hydrogens is 853 g/mol. The topological polar surface area (TPSA) is 25.2 Å². The third kappa shape index (κ3) is 9.27. The van der Waals surface area contributed by atoms with Gasteiger partial charge in [0.25, 0.3) is 0 Å². The number of thiophene rings is 2. The highest BCUT2D eigenvalue weighted by molar-refractivity contribution is 8.14. The molecular formula is C58H62N2S4.